The quantitative estimate of drug-likeness (QED) is 0.369. The fourth-order valence-corrected chi connectivity index (χ4v) is 4.24. The van der Waals surface area contributed by atoms with Crippen LogP contribution >= 0.6 is 23.2 Å². The van der Waals surface area contributed by atoms with Crippen molar-refractivity contribution in [2.75, 3.05) is 0 Å². The van der Waals surface area contributed by atoms with Gasteiger partial charge in [-0.1, -0.05) is 96.9 Å². The summed E-state index contributed by atoms with van der Waals surface area (Å²) in [6, 6.07) is 23.8. The van der Waals surface area contributed by atoms with Crippen LogP contribution in [0.1, 0.15) is 37.0 Å². The molecular weight excluding hydrogens is 467 g/mol. The Balaban J connectivity index is 2.01. The van der Waals surface area contributed by atoms with E-state index >= 15 is 0 Å². The molecule has 0 saturated carbocycles. The standard InChI is InChI=1S/C28H30Cl2N2O2/c1-3-20(2)31-28(34)26(17-21-11-6-4-7-12-21)32(19-23-24(29)15-10-16-25(23)30)27(33)18-22-13-8-5-9-14-22/h4-16,20,26H,3,17-19H2,1-2H3,(H,31,34)/t20-,26-/m0/s1. The highest BCUT2D eigenvalue weighted by Gasteiger charge is 2.31. The van der Waals surface area contributed by atoms with Crippen LogP contribution in [-0.4, -0.2) is 28.8 Å². The lowest BCUT2D eigenvalue weighted by Gasteiger charge is -2.33. The van der Waals surface area contributed by atoms with Gasteiger partial charge in [-0.3, -0.25) is 9.59 Å². The molecule has 6 heteroatoms. The lowest BCUT2D eigenvalue weighted by Crippen LogP contribution is -2.52. The van der Waals surface area contributed by atoms with E-state index in [0.717, 1.165) is 17.5 Å². The van der Waals surface area contributed by atoms with E-state index < -0.39 is 6.04 Å². The maximum Gasteiger partial charge on any atom is 0.243 e. The second kappa shape index (κ2) is 12.6. The van der Waals surface area contributed by atoms with E-state index in [9.17, 15) is 9.59 Å². The Kier molecular flexibility index (Phi) is 9.55. The minimum Gasteiger partial charge on any atom is -0.352 e. The summed E-state index contributed by atoms with van der Waals surface area (Å²) < 4.78 is 0. The van der Waals surface area contributed by atoms with Crippen molar-refractivity contribution in [3.63, 3.8) is 0 Å². The molecule has 0 radical (unpaired) electrons. The summed E-state index contributed by atoms with van der Waals surface area (Å²) >= 11 is 12.9. The van der Waals surface area contributed by atoms with Gasteiger partial charge in [-0.15, -0.1) is 0 Å². The molecule has 0 unspecified atom stereocenters. The Morgan fingerprint density at radius 2 is 1.41 bits per heavy atom. The molecule has 0 aliphatic rings. The van der Waals surface area contributed by atoms with Crippen molar-refractivity contribution < 1.29 is 9.59 Å². The average molecular weight is 497 g/mol. The first-order chi connectivity index (χ1) is 16.4. The monoisotopic (exact) mass is 496 g/mol. The van der Waals surface area contributed by atoms with Gasteiger partial charge in [-0.25, -0.2) is 0 Å². The molecule has 0 aliphatic carbocycles. The van der Waals surface area contributed by atoms with E-state index in [4.69, 9.17) is 23.2 Å². The third-order valence-electron chi connectivity index (χ3n) is 5.86. The van der Waals surface area contributed by atoms with Crippen molar-refractivity contribution in [2.24, 2.45) is 0 Å². The highest BCUT2D eigenvalue weighted by atomic mass is 35.5. The van der Waals surface area contributed by atoms with Crippen LogP contribution in [-0.2, 0) is 29.0 Å². The third-order valence-corrected chi connectivity index (χ3v) is 6.57. The molecule has 178 valence electrons. The summed E-state index contributed by atoms with van der Waals surface area (Å²) in [4.78, 5) is 28.8. The minimum absolute atomic E-state index is 0.0132. The molecule has 1 N–H and O–H groups in total. The maximum atomic E-state index is 13.7. The Morgan fingerprint density at radius 3 is 1.97 bits per heavy atom. The zero-order valence-corrected chi connectivity index (χ0v) is 21.0. The fourth-order valence-electron chi connectivity index (χ4n) is 3.72. The molecule has 3 aromatic rings. The van der Waals surface area contributed by atoms with Crippen LogP contribution in [0.4, 0.5) is 0 Å². The summed E-state index contributed by atoms with van der Waals surface area (Å²) in [5.74, 6) is -0.356. The number of nitrogens with zero attached hydrogens (tertiary/aromatic N) is 1. The molecule has 3 aromatic carbocycles. The SMILES string of the molecule is CC[C@H](C)NC(=O)[C@H](Cc1ccccc1)N(Cc1c(Cl)cccc1Cl)C(=O)Cc1ccccc1. The molecule has 2 atom stereocenters. The van der Waals surface area contributed by atoms with Gasteiger partial charge in [0.1, 0.15) is 6.04 Å². The second-order valence-corrected chi connectivity index (χ2v) is 9.22. The number of halogens is 2. The molecule has 0 bridgehead atoms. The van der Waals surface area contributed by atoms with E-state index in [1.807, 2.05) is 74.5 Å². The topological polar surface area (TPSA) is 49.4 Å². The first-order valence-electron chi connectivity index (χ1n) is 11.5. The molecule has 34 heavy (non-hydrogen) atoms. The summed E-state index contributed by atoms with van der Waals surface area (Å²) in [5.41, 5.74) is 2.47. The minimum atomic E-state index is -0.722. The van der Waals surface area contributed by atoms with Crippen molar-refractivity contribution in [3.05, 3.63) is 106 Å². The average Bonchev–Trinajstić information content (AvgIpc) is 2.84. The summed E-state index contributed by atoms with van der Waals surface area (Å²) in [6.07, 6.45) is 1.34. The normalized spacial score (nSPS) is 12.6. The summed E-state index contributed by atoms with van der Waals surface area (Å²) in [6.45, 7) is 4.10. The molecule has 0 fully saturated rings. The first kappa shape index (κ1) is 25.8. The molecule has 0 aromatic heterocycles. The van der Waals surface area contributed by atoms with Gasteiger partial charge in [0.2, 0.25) is 11.8 Å². The summed E-state index contributed by atoms with van der Waals surface area (Å²) in [5, 5.41) is 3.99. The van der Waals surface area contributed by atoms with E-state index in [1.54, 1.807) is 23.1 Å². The van der Waals surface area contributed by atoms with Crippen molar-refractivity contribution >= 4 is 35.0 Å². The van der Waals surface area contributed by atoms with Gasteiger partial charge in [0, 0.05) is 34.6 Å². The lowest BCUT2D eigenvalue weighted by molar-refractivity contribution is -0.141. The number of nitrogens with one attached hydrogen (secondary N) is 1. The molecule has 3 rings (SSSR count). The Labute approximate surface area is 211 Å². The number of carbonyl (C=O) groups excluding carboxylic acids is 2. The zero-order valence-electron chi connectivity index (χ0n) is 19.5. The van der Waals surface area contributed by atoms with Crippen molar-refractivity contribution in [2.45, 2.75) is 51.7 Å². The zero-order chi connectivity index (χ0) is 24.5. The number of hydrogen-bond acceptors (Lipinski definition) is 2. The molecule has 0 aliphatic heterocycles. The van der Waals surface area contributed by atoms with Gasteiger partial charge in [-0.2, -0.15) is 0 Å². The maximum absolute atomic E-state index is 13.7. The number of amides is 2. The summed E-state index contributed by atoms with van der Waals surface area (Å²) in [7, 11) is 0. The predicted molar refractivity (Wildman–Crippen MR) is 139 cm³/mol. The number of carbonyl (C=O) groups is 2. The molecule has 0 heterocycles. The smallest absolute Gasteiger partial charge is 0.243 e. The first-order valence-corrected chi connectivity index (χ1v) is 12.2. The molecule has 0 saturated heterocycles. The van der Waals surface area contributed by atoms with E-state index in [2.05, 4.69) is 5.32 Å². The molecule has 2 amide bonds. The van der Waals surface area contributed by atoms with Gasteiger partial charge >= 0.3 is 0 Å². The molecular formula is C28H30Cl2N2O2. The van der Waals surface area contributed by atoms with Gasteiger partial charge in [0.25, 0.3) is 0 Å². The van der Waals surface area contributed by atoms with Crippen LogP contribution in [0.5, 0.6) is 0 Å². The largest absolute Gasteiger partial charge is 0.352 e. The van der Waals surface area contributed by atoms with Crippen LogP contribution in [0, 0.1) is 0 Å². The van der Waals surface area contributed by atoms with E-state index in [-0.39, 0.29) is 30.8 Å². The lowest BCUT2D eigenvalue weighted by atomic mass is 10.0. The third kappa shape index (κ3) is 7.09. The van der Waals surface area contributed by atoms with Crippen LogP contribution in [0.3, 0.4) is 0 Å². The van der Waals surface area contributed by atoms with E-state index in [1.165, 1.54) is 0 Å². The number of rotatable bonds is 10. The van der Waals surface area contributed by atoms with Gasteiger partial charge in [0.15, 0.2) is 0 Å². The molecule has 0 spiro atoms. The Hall–Kier alpha value is -2.82. The van der Waals surface area contributed by atoms with Crippen molar-refractivity contribution in [3.8, 4) is 0 Å². The van der Waals surface area contributed by atoms with E-state index in [0.29, 0.717) is 22.0 Å². The van der Waals surface area contributed by atoms with Crippen molar-refractivity contribution in [1.29, 1.82) is 0 Å². The Morgan fingerprint density at radius 1 is 0.853 bits per heavy atom. The predicted octanol–water partition coefficient (Wildman–Crippen LogP) is 6.09. The van der Waals surface area contributed by atoms with Crippen LogP contribution in [0.15, 0.2) is 78.9 Å². The van der Waals surface area contributed by atoms with Gasteiger partial charge in [-0.05, 0) is 36.6 Å². The van der Waals surface area contributed by atoms with Gasteiger partial charge in [0.05, 0.1) is 6.42 Å². The van der Waals surface area contributed by atoms with Crippen LogP contribution < -0.4 is 5.32 Å². The Bertz CT molecular complexity index is 1070. The van der Waals surface area contributed by atoms with Crippen molar-refractivity contribution in [1.82, 2.24) is 10.2 Å². The van der Waals surface area contributed by atoms with Gasteiger partial charge < -0.3 is 10.2 Å². The fraction of sp³-hybridized carbons (Fsp3) is 0.286. The van der Waals surface area contributed by atoms with Crippen LogP contribution in [0.2, 0.25) is 10.0 Å². The number of benzene rings is 3. The highest BCUT2D eigenvalue weighted by molar-refractivity contribution is 6.36. The van der Waals surface area contributed by atoms with Crippen LogP contribution in [0.25, 0.3) is 0 Å². The molecule has 4 nitrogen and oxygen atoms in total. The number of hydrogen-bond donors (Lipinski definition) is 1. The highest BCUT2D eigenvalue weighted by Crippen LogP contribution is 2.27. The second-order valence-electron chi connectivity index (χ2n) is 8.41.